The Bertz CT molecular complexity index is 552. The van der Waals surface area contributed by atoms with Gasteiger partial charge < -0.3 is 14.6 Å². The lowest BCUT2D eigenvalue weighted by Crippen LogP contribution is -2.14. The van der Waals surface area contributed by atoms with Gasteiger partial charge in [-0.3, -0.25) is 4.68 Å². The third kappa shape index (κ3) is 3.76. The van der Waals surface area contributed by atoms with E-state index in [0.29, 0.717) is 24.5 Å². The highest BCUT2D eigenvalue weighted by Crippen LogP contribution is 2.29. The van der Waals surface area contributed by atoms with Crippen LogP contribution in [0.15, 0.2) is 36.5 Å². The highest BCUT2D eigenvalue weighted by atomic mass is 16.5. The molecule has 0 aliphatic carbocycles. The maximum atomic E-state index is 10.4. The average Bonchev–Trinajstić information content (AvgIpc) is 2.92. The number of nitrogens with zero attached hydrogens (tertiary/aromatic N) is 2. The third-order valence-corrected chi connectivity index (χ3v) is 3.23. The van der Waals surface area contributed by atoms with Crippen LogP contribution in [0.25, 0.3) is 0 Å². The van der Waals surface area contributed by atoms with Crippen LogP contribution in [0.4, 0.5) is 0 Å². The summed E-state index contributed by atoms with van der Waals surface area (Å²) in [6.07, 6.45) is 1.44. The fraction of sp³-hybridized carbons (Fsp3) is 0.438. The molecular formula is C16H22N2O3. The Hall–Kier alpha value is -2.01. The van der Waals surface area contributed by atoms with Gasteiger partial charge in [0.2, 0.25) is 0 Å². The van der Waals surface area contributed by atoms with Gasteiger partial charge in [-0.05, 0) is 26.0 Å². The monoisotopic (exact) mass is 290 g/mol. The first kappa shape index (κ1) is 15.4. The van der Waals surface area contributed by atoms with Crippen LogP contribution in [0.3, 0.4) is 0 Å². The molecule has 0 amide bonds. The van der Waals surface area contributed by atoms with Crippen molar-refractivity contribution in [2.45, 2.75) is 32.4 Å². The van der Waals surface area contributed by atoms with Crippen LogP contribution in [0.2, 0.25) is 0 Å². The lowest BCUT2D eigenvalue weighted by atomic mass is 10.1. The molecule has 5 heteroatoms. The summed E-state index contributed by atoms with van der Waals surface area (Å²) in [5.74, 6) is 1.41. The fourth-order valence-corrected chi connectivity index (χ4v) is 2.18. The van der Waals surface area contributed by atoms with Gasteiger partial charge in [0.05, 0.1) is 19.9 Å². The molecule has 0 fully saturated rings. The van der Waals surface area contributed by atoms with Gasteiger partial charge in [0, 0.05) is 12.5 Å². The first-order chi connectivity index (χ1) is 10.1. The molecule has 5 nitrogen and oxygen atoms in total. The Morgan fingerprint density at radius 1 is 1.24 bits per heavy atom. The lowest BCUT2D eigenvalue weighted by Gasteiger charge is -2.17. The number of rotatable bonds is 7. The standard InChI is InChI=1S/C16H22N2O3/c1-12(2)18-16(15(20-3)11-17-18)14(19)9-10-21-13-7-5-4-6-8-13/h4-8,11-12,14,19H,9-10H2,1-3H3. The molecule has 2 aromatic rings. The van der Waals surface area contributed by atoms with Crippen molar-refractivity contribution in [2.24, 2.45) is 0 Å². The molecule has 1 heterocycles. The number of aromatic nitrogens is 2. The minimum Gasteiger partial charge on any atom is -0.493 e. The summed E-state index contributed by atoms with van der Waals surface area (Å²) >= 11 is 0. The van der Waals surface area contributed by atoms with E-state index in [-0.39, 0.29) is 6.04 Å². The van der Waals surface area contributed by atoms with Crippen LogP contribution in [-0.4, -0.2) is 28.6 Å². The topological polar surface area (TPSA) is 56.5 Å². The molecule has 0 aliphatic rings. The molecule has 1 N–H and O–H groups in total. The van der Waals surface area contributed by atoms with E-state index >= 15 is 0 Å². The Kier molecular flexibility index (Phi) is 5.22. The number of hydrogen-bond acceptors (Lipinski definition) is 4. The maximum Gasteiger partial charge on any atom is 0.162 e. The zero-order chi connectivity index (χ0) is 15.2. The Labute approximate surface area is 125 Å². The van der Waals surface area contributed by atoms with E-state index in [1.54, 1.807) is 18.0 Å². The van der Waals surface area contributed by atoms with Crippen molar-refractivity contribution < 1.29 is 14.6 Å². The van der Waals surface area contributed by atoms with E-state index < -0.39 is 6.10 Å². The van der Waals surface area contributed by atoms with Crippen LogP contribution in [0, 0.1) is 0 Å². The second-order valence-corrected chi connectivity index (χ2v) is 5.10. The predicted molar refractivity (Wildman–Crippen MR) is 80.7 cm³/mol. The van der Waals surface area contributed by atoms with E-state index in [1.807, 2.05) is 44.2 Å². The van der Waals surface area contributed by atoms with E-state index in [9.17, 15) is 5.11 Å². The molecule has 0 saturated carbocycles. The summed E-state index contributed by atoms with van der Waals surface area (Å²) in [4.78, 5) is 0. The van der Waals surface area contributed by atoms with Gasteiger partial charge in [-0.1, -0.05) is 18.2 Å². The zero-order valence-corrected chi connectivity index (χ0v) is 12.7. The van der Waals surface area contributed by atoms with Crippen molar-refractivity contribution >= 4 is 0 Å². The highest BCUT2D eigenvalue weighted by Gasteiger charge is 2.21. The molecule has 1 unspecified atom stereocenters. The van der Waals surface area contributed by atoms with E-state index in [4.69, 9.17) is 9.47 Å². The van der Waals surface area contributed by atoms with Crippen LogP contribution in [0.5, 0.6) is 11.5 Å². The largest absolute Gasteiger partial charge is 0.493 e. The molecular weight excluding hydrogens is 268 g/mol. The number of ether oxygens (including phenoxy) is 2. The minimum atomic E-state index is -0.673. The summed E-state index contributed by atoms with van der Waals surface area (Å²) in [5.41, 5.74) is 0.698. The van der Waals surface area contributed by atoms with Crippen molar-refractivity contribution in [2.75, 3.05) is 13.7 Å². The second kappa shape index (κ2) is 7.13. The van der Waals surface area contributed by atoms with Gasteiger partial charge in [0.25, 0.3) is 0 Å². The summed E-state index contributed by atoms with van der Waals surface area (Å²) in [5, 5.41) is 14.7. The van der Waals surface area contributed by atoms with Gasteiger partial charge in [0.1, 0.15) is 17.5 Å². The van der Waals surface area contributed by atoms with Crippen molar-refractivity contribution in [3.05, 3.63) is 42.2 Å². The van der Waals surface area contributed by atoms with Crippen molar-refractivity contribution in [3.63, 3.8) is 0 Å². The number of para-hydroxylation sites is 1. The molecule has 0 spiro atoms. The number of methoxy groups -OCH3 is 1. The summed E-state index contributed by atoms with van der Waals surface area (Å²) in [6, 6.07) is 9.73. The van der Waals surface area contributed by atoms with Gasteiger partial charge in [-0.25, -0.2) is 0 Å². The van der Waals surface area contributed by atoms with E-state index in [2.05, 4.69) is 5.10 Å². The molecule has 1 atom stereocenters. The maximum absolute atomic E-state index is 10.4. The molecule has 1 aromatic carbocycles. The quantitative estimate of drug-likeness (QED) is 0.851. The second-order valence-electron chi connectivity index (χ2n) is 5.10. The number of aliphatic hydroxyl groups is 1. The fourth-order valence-electron chi connectivity index (χ4n) is 2.18. The van der Waals surface area contributed by atoms with Crippen molar-refractivity contribution in [3.8, 4) is 11.5 Å². The number of benzene rings is 1. The van der Waals surface area contributed by atoms with E-state index in [0.717, 1.165) is 5.75 Å². The van der Waals surface area contributed by atoms with Gasteiger partial charge in [-0.15, -0.1) is 0 Å². The smallest absolute Gasteiger partial charge is 0.162 e. The molecule has 21 heavy (non-hydrogen) atoms. The van der Waals surface area contributed by atoms with Crippen LogP contribution >= 0.6 is 0 Å². The molecule has 0 aliphatic heterocycles. The third-order valence-electron chi connectivity index (χ3n) is 3.23. The first-order valence-electron chi connectivity index (χ1n) is 7.10. The number of hydrogen-bond donors (Lipinski definition) is 1. The first-order valence-corrected chi connectivity index (χ1v) is 7.10. The zero-order valence-electron chi connectivity index (χ0n) is 12.7. The van der Waals surface area contributed by atoms with Crippen molar-refractivity contribution in [1.82, 2.24) is 9.78 Å². The lowest BCUT2D eigenvalue weighted by molar-refractivity contribution is 0.127. The molecule has 2 rings (SSSR count). The van der Waals surface area contributed by atoms with Crippen LogP contribution < -0.4 is 9.47 Å². The number of aliphatic hydroxyl groups excluding tert-OH is 1. The summed E-state index contributed by atoms with van der Waals surface area (Å²) < 4.78 is 12.7. The Morgan fingerprint density at radius 2 is 1.95 bits per heavy atom. The summed E-state index contributed by atoms with van der Waals surface area (Å²) in [6.45, 7) is 4.46. The van der Waals surface area contributed by atoms with Crippen molar-refractivity contribution in [1.29, 1.82) is 0 Å². The molecule has 0 bridgehead atoms. The minimum absolute atomic E-state index is 0.161. The van der Waals surface area contributed by atoms with Gasteiger partial charge in [-0.2, -0.15) is 5.10 Å². The van der Waals surface area contributed by atoms with E-state index in [1.165, 1.54) is 0 Å². The molecule has 0 saturated heterocycles. The SMILES string of the molecule is COc1cnn(C(C)C)c1C(O)CCOc1ccccc1. The van der Waals surface area contributed by atoms with Gasteiger partial charge in [0.15, 0.2) is 5.75 Å². The molecule has 1 aromatic heterocycles. The van der Waals surface area contributed by atoms with Crippen LogP contribution in [0.1, 0.15) is 38.1 Å². The Morgan fingerprint density at radius 3 is 2.57 bits per heavy atom. The molecule has 114 valence electrons. The van der Waals surface area contributed by atoms with Crippen LogP contribution in [-0.2, 0) is 0 Å². The summed E-state index contributed by atoms with van der Waals surface area (Å²) in [7, 11) is 1.58. The molecule has 0 radical (unpaired) electrons. The normalized spacial score (nSPS) is 12.4. The highest BCUT2D eigenvalue weighted by molar-refractivity contribution is 5.27. The average molecular weight is 290 g/mol. The Balaban J connectivity index is 2.00. The van der Waals surface area contributed by atoms with Gasteiger partial charge >= 0.3 is 0 Å². The predicted octanol–water partition coefficient (Wildman–Crippen LogP) is 2.98.